The van der Waals surface area contributed by atoms with Crippen LogP contribution in [0.5, 0.6) is 0 Å². The Hall–Kier alpha value is -8.41. The van der Waals surface area contributed by atoms with E-state index in [4.69, 9.17) is 19.5 Å². The van der Waals surface area contributed by atoms with Gasteiger partial charge in [0, 0.05) is 55.1 Å². The second-order valence-corrected chi connectivity index (χ2v) is 15.6. The summed E-state index contributed by atoms with van der Waals surface area (Å²) in [6.45, 7) is 0. The summed E-state index contributed by atoms with van der Waals surface area (Å²) in [5, 5.41) is 9.98. The first-order chi connectivity index (χ1) is 30.7. The van der Waals surface area contributed by atoms with Crippen molar-refractivity contribution in [3.05, 3.63) is 218 Å². The molecule has 8 aromatic carbocycles. The third kappa shape index (κ3) is 6.06. The van der Waals surface area contributed by atoms with Gasteiger partial charge in [0.1, 0.15) is 16.9 Å². The van der Waals surface area contributed by atoms with E-state index in [0.29, 0.717) is 5.82 Å². The lowest BCUT2D eigenvalue weighted by molar-refractivity contribution is 0.670. The first kappa shape index (κ1) is 35.5. The molecule has 12 rings (SSSR count). The van der Waals surface area contributed by atoms with Crippen LogP contribution < -0.4 is 0 Å². The number of nitrogens with zero attached hydrogens (tertiary/aromatic N) is 4. The number of hydrogen-bond donors (Lipinski definition) is 0. The normalized spacial score (nSPS) is 11.5. The Morgan fingerprint density at radius 2 is 0.952 bits per heavy atom. The van der Waals surface area contributed by atoms with Gasteiger partial charge in [-0.1, -0.05) is 194 Å². The maximum absolute atomic E-state index is 6.44. The SMILES string of the molecule is c1ccc(-c2cc(-c3ccc(-c4nn5c(-c6ccccc6)cc6ccccc6c5c4-c4ccccc4)cc3)nc(-c3cccc(-c4cccc5c4oc4ccccc45)c3)n2)cc1. The fraction of sp³-hybridized carbons (Fsp3) is 0. The number of benzene rings is 8. The summed E-state index contributed by atoms with van der Waals surface area (Å²) in [5.41, 5.74) is 15.8. The fourth-order valence-corrected chi connectivity index (χ4v) is 8.86. The Morgan fingerprint density at radius 3 is 1.71 bits per heavy atom. The molecule has 0 bridgehead atoms. The largest absolute Gasteiger partial charge is 0.455 e. The van der Waals surface area contributed by atoms with E-state index in [0.717, 1.165) is 106 Å². The van der Waals surface area contributed by atoms with Crippen LogP contribution >= 0.6 is 0 Å². The van der Waals surface area contributed by atoms with Crippen LogP contribution in [0.15, 0.2) is 223 Å². The van der Waals surface area contributed by atoms with Crippen molar-refractivity contribution in [2.24, 2.45) is 0 Å². The Balaban J connectivity index is 1.000. The number of furan rings is 1. The van der Waals surface area contributed by atoms with Crippen molar-refractivity contribution >= 4 is 38.2 Å². The minimum atomic E-state index is 0.649. The van der Waals surface area contributed by atoms with E-state index in [-0.39, 0.29) is 0 Å². The second kappa shape index (κ2) is 14.7. The number of fused-ring (bicyclic) bond motifs is 6. The van der Waals surface area contributed by atoms with Gasteiger partial charge in [-0.3, -0.25) is 0 Å². The summed E-state index contributed by atoms with van der Waals surface area (Å²) in [7, 11) is 0. The zero-order chi connectivity index (χ0) is 41.0. The summed E-state index contributed by atoms with van der Waals surface area (Å²) in [5.74, 6) is 0.649. The van der Waals surface area contributed by atoms with Gasteiger partial charge in [0.2, 0.25) is 0 Å². The highest BCUT2D eigenvalue weighted by atomic mass is 16.3. The van der Waals surface area contributed by atoms with E-state index in [9.17, 15) is 0 Å². The minimum absolute atomic E-state index is 0.649. The lowest BCUT2D eigenvalue weighted by Gasteiger charge is -2.11. The summed E-state index contributed by atoms with van der Waals surface area (Å²) < 4.78 is 8.57. The van der Waals surface area contributed by atoms with E-state index >= 15 is 0 Å². The Labute approximate surface area is 357 Å². The van der Waals surface area contributed by atoms with Crippen molar-refractivity contribution in [2.45, 2.75) is 0 Å². The molecule has 0 amide bonds. The van der Waals surface area contributed by atoms with E-state index in [2.05, 4.69) is 193 Å². The van der Waals surface area contributed by atoms with Gasteiger partial charge in [-0.15, -0.1) is 0 Å². The van der Waals surface area contributed by atoms with Crippen molar-refractivity contribution < 1.29 is 4.42 Å². The molecule has 0 fully saturated rings. The molecule has 62 heavy (non-hydrogen) atoms. The monoisotopic (exact) mass is 792 g/mol. The van der Waals surface area contributed by atoms with Crippen LogP contribution in [0.4, 0.5) is 0 Å². The molecule has 0 aliphatic carbocycles. The highest BCUT2D eigenvalue weighted by Crippen LogP contribution is 2.42. The summed E-state index contributed by atoms with van der Waals surface area (Å²) >= 11 is 0. The molecule has 0 N–H and O–H groups in total. The van der Waals surface area contributed by atoms with Gasteiger partial charge < -0.3 is 4.42 Å². The number of hydrogen-bond acceptors (Lipinski definition) is 4. The van der Waals surface area contributed by atoms with Crippen LogP contribution in [0, 0.1) is 0 Å². The molecular formula is C57H36N4O. The van der Waals surface area contributed by atoms with Gasteiger partial charge in [0.05, 0.1) is 22.6 Å². The van der Waals surface area contributed by atoms with E-state index in [1.165, 1.54) is 5.39 Å². The third-order valence-corrected chi connectivity index (χ3v) is 11.8. The second-order valence-electron chi connectivity index (χ2n) is 15.6. The number of rotatable bonds is 7. The molecule has 4 heterocycles. The molecule has 0 saturated carbocycles. The minimum Gasteiger partial charge on any atom is -0.455 e. The number of aromatic nitrogens is 4. The Bertz CT molecular complexity index is 3610. The molecule has 0 aliphatic heterocycles. The van der Waals surface area contributed by atoms with Crippen LogP contribution in [0.3, 0.4) is 0 Å². The smallest absolute Gasteiger partial charge is 0.160 e. The average Bonchev–Trinajstić information content (AvgIpc) is 3.95. The number of para-hydroxylation sites is 2. The summed E-state index contributed by atoms with van der Waals surface area (Å²) in [6, 6.07) is 76.1. The molecule has 0 radical (unpaired) electrons. The van der Waals surface area contributed by atoms with Crippen LogP contribution in [-0.2, 0) is 0 Å². The Morgan fingerprint density at radius 1 is 0.387 bits per heavy atom. The van der Waals surface area contributed by atoms with Crippen LogP contribution in [0.1, 0.15) is 0 Å². The lowest BCUT2D eigenvalue weighted by atomic mass is 9.96. The fourth-order valence-electron chi connectivity index (χ4n) is 8.86. The third-order valence-electron chi connectivity index (χ3n) is 11.8. The molecule has 4 aromatic heterocycles. The van der Waals surface area contributed by atoms with Gasteiger partial charge in [-0.2, -0.15) is 5.10 Å². The first-order valence-corrected chi connectivity index (χ1v) is 20.9. The average molecular weight is 793 g/mol. The van der Waals surface area contributed by atoms with Gasteiger partial charge in [-0.05, 0) is 40.8 Å². The number of pyridine rings is 1. The molecule has 5 nitrogen and oxygen atoms in total. The van der Waals surface area contributed by atoms with Crippen molar-refractivity contribution in [2.75, 3.05) is 0 Å². The van der Waals surface area contributed by atoms with E-state index in [1.54, 1.807) is 0 Å². The zero-order valence-corrected chi connectivity index (χ0v) is 33.5. The van der Waals surface area contributed by atoms with Gasteiger partial charge in [-0.25, -0.2) is 14.5 Å². The maximum Gasteiger partial charge on any atom is 0.160 e. The first-order valence-electron chi connectivity index (χ1n) is 20.9. The van der Waals surface area contributed by atoms with Gasteiger partial charge >= 0.3 is 0 Å². The zero-order valence-electron chi connectivity index (χ0n) is 33.5. The van der Waals surface area contributed by atoms with Crippen LogP contribution in [0.25, 0.3) is 117 Å². The van der Waals surface area contributed by atoms with Crippen molar-refractivity contribution in [1.29, 1.82) is 0 Å². The van der Waals surface area contributed by atoms with Crippen LogP contribution in [-0.4, -0.2) is 19.6 Å². The maximum atomic E-state index is 6.44. The highest BCUT2D eigenvalue weighted by Gasteiger charge is 2.22. The van der Waals surface area contributed by atoms with E-state index < -0.39 is 0 Å². The molecule has 0 spiro atoms. The van der Waals surface area contributed by atoms with Crippen molar-refractivity contribution in [3.8, 4) is 78.7 Å². The van der Waals surface area contributed by atoms with Gasteiger partial charge in [0.25, 0.3) is 0 Å². The Kier molecular flexibility index (Phi) is 8.42. The lowest BCUT2D eigenvalue weighted by Crippen LogP contribution is -1.96. The highest BCUT2D eigenvalue weighted by molar-refractivity contribution is 6.10. The molecule has 5 heteroatoms. The quantitative estimate of drug-likeness (QED) is 0.161. The standard InChI is InChI=1S/C57H36N4O/c1-4-16-37(17-5-1)49-36-50(59-57(58-49)44-24-14-23-42(34-44)46-27-15-28-48-47-26-12-13-29-52(47)62-56(46)48)38-30-32-41(33-31-38)54-53(40-20-8-3-9-21-40)55-45-25-11-10-22-43(45)35-51(61(55)60-54)39-18-6-2-7-19-39/h1-36H. The van der Waals surface area contributed by atoms with Gasteiger partial charge in [0.15, 0.2) is 5.82 Å². The van der Waals surface area contributed by atoms with Crippen molar-refractivity contribution in [3.63, 3.8) is 0 Å². The molecule has 0 atom stereocenters. The molecule has 12 aromatic rings. The molecule has 0 saturated heterocycles. The molecule has 0 aliphatic rings. The summed E-state index contributed by atoms with van der Waals surface area (Å²) in [4.78, 5) is 10.4. The molecular weight excluding hydrogens is 757 g/mol. The predicted octanol–water partition coefficient (Wildman–Crippen LogP) is 14.8. The molecule has 0 unspecified atom stereocenters. The topological polar surface area (TPSA) is 56.2 Å². The van der Waals surface area contributed by atoms with Crippen molar-refractivity contribution in [1.82, 2.24) is 19.6 Å². The van der Waals surface area contributed by atoms with E-state index in [1.807, 2.05) is 30.3 Å². The van der Waals surface area contributed by atoms with Crippen LogP contribution in [0.2, 0.25) is 0 Å². The summed E-state index contributed by atoms with van der Waals surface area (Å²) in [6.07, 6.45) is 0. The predicted molar refractivity (Wildman–Crippen MR) is 254 cm³/mol. The molecule has 290 valence electrons.